The van der Waals surface area contributed by atoms with Crippen LogP contribution in [0.1, 0.15) is 18.4 Å². The maximum Gasteiger partial charge on any atom is 0.573 e. The first-order chi connectivity index (χ1) is 17.1. The van der Waals surface area contributed by atoms with Crippen LogP contribution >= 0.6 is 0 Å². The van der Waals surface area contributed by atoms with E-state index in [1.165, 1.54) is 12.1 Å². The Bertz CT molecular complexity index is 1320. The molecule has 1 saturated heterocycles. The molecule has 0 saturated carbocycles. The number of aromatic nitrogens is 2. The van der Waals surface area contributed by atoms with E-state index in [0.717, 1.165) is 50.2 Å². The van der Waals surface area contributed by atoms with Crippen molar-refractivity contribution in [3.05, 3.63) is 70.1 Å². The van der Waals surface area contributed by atoms with Crippen molar-refractivity contribution in [1.82, 2.24) is 9.55 Å². The molecule has 5 rings (SSSR count). The quantitative estimate of drug-likeness (QED) is 0.435. The van der Waals surface area contributed by atoms with Crippen LogP contribution in [0.3, 0.4) is 0 Å². The highest BCUT2D eigenvalue weighted by Crippen LogP contribution is 2.33. The minimum Gasteiger partial charge on any atom is -0.473 e. The van der Waals surface area contributed by atoms with Crippen LogP contribution in [0.15, 0.2) is 47.3 Å². The Balaban J connectivity index is 1.30. The van der Waals surface area contributed by atoms with E-state index in [1.54, 1.807) is 10.6 Å². The number of anilines is 1. The van der Waals surface area contributed by atoms with Gasteiger partial charge in [-0.2, -0.15) is 4.98 Å². The van der Waals surface area contributed by atoms with Crippen LogP contribution in [0.4, 0.5) is 27.8 Å². The normalized spacial score (nSPS) is 16.9. The van der Waals surface area contributed by atoms with Gasteiger partial charge in [-0.25, -0.2) is 13.6 Å². The Hall–Kier alpha value is -3.83. The molecule has 0 spiro atoms. The second kappa shape index (κ2) is 9.32. The molecule has 0 N–H and O–H groups in total. The van der Waals surface area contributed by atoms with Crippen LogP contribution in [0.5, 0.6) is 23.1 Å². The van der Waals surface area contributed by atoms with Crippen molar-refractivity contribution in [3.63, 3.8) is 0 Å². The third-order valence-electron chi connectivity index (χ3n) is 5.95. The summed E-state index contributed by atoms with van der Waals surface area (Å²) in [6.07, 6.45) is -2.83. The zero-order chi connectivity index (χ0) is 25.4. The van der Waals surface area contributed by atoms with Gasteiger partial charge in [-0.3, -0.25) is 4.57 Å². The zero-order valence-corrected chi connectivity index (χ0v) is 18.7. The van der Waals surface area contributed by atoms with Crippen molar-refractivity contribution < 1.29 is 36.2 Å². The van der Waals surface area contributed by atoms with Crippen molar-refractivity contribution in [2.45, 2.75) is 32.4 Å². The number of ether oxygens (including phenoxy) is 3. The molecular weight excluding hydrogens is 489 g/mol. The van der Waals surface area contributed by atoms with E-state index in [1.807, 2.05) is 0 Å². The van der Waals surface area contributed by atoms with E-state index in [0.29, 0.717) is 18.3 Å². The topological polar surface area (TPSA) is 65.8 Å². The van der Waals surface area contributed by atoms with Crippen LogP contribution in [0.25, 0.3) is 0 Å². The van der Waals surface area contributed by atoms with Gasteiger partial charge in [0.2, 0.25) is 5.88 Å². The van der Waals surface area contributed by atoms with Crippen molar-refractivity contribution in [1.29, 1.82) is 0 Å². The second-order valence-electron chi connectivity index (χ2n) is 8.60. The summed E-state index contributed by atoms with van der Waals surface area (Å²) in [5.74, 6) is -2.67. The SMILES string of the molecule is O=c1nc(OCc2cc(F)c(Oc3cccc(OC(F)(F)F)c3)c(F)c2)cc2n1CC1CCCN2C1. The lowest BCUT2D eigenvalue weighted by Gasteiger charge is -2.40. The number of piperidine rings is 1. The molecular formula is C24H20F5N3O4. The van der Waals surface area contributed by atoms with Gasteiger partial charge in [0.05, 0.1) is 0 Å². The molecule has 1 unspecified atom stereocenters. The summed E-state index contributed by atoms with van der Waals surface area (Å²) >= 11 is 0. The van der Waals surface area contributed by atoms with E-state index < -0.39 is 35.2 Å². The van der Waals surface area contributed by atoms with Crippen LogP contribution in [0, 0.1) is 17.6 Å². The summed E-state index contributed by atoms with van der Waals surface area (Å²) in [4.78, 5) is 18.5. The van der Waals surface area contributed by atoms with Gasteiger partial charge >= 0.3 is 12.1 Å². The summed E-state index contributed by atoms with van der Waals surface area (Å²) in [6, 6.07) is 7.87. The Morgan fingerprint density at radius 1 is 1.03 bits per heavy atom. The molecule has 2 aliphatic heterocycles. The molecule has 0 amide bonds. The summed E-state index contributed by atoms with van der Waals surface area (Å²) in [5, 5.41) is 0. The Labute approximate surface area is 201 Å². The van der Waals surface area contributed by atoms with E-state index in [2.05, 4.69) is 14.6 Å². The van der Waals surface area contributed by atoms with E-state index in [4.69, 9.17) is 9.47 Å². The average Bonchev–Trinajstić information content (AvgIpc) is 2.80. The minimum atomic E-state index is -4.93. The lowest BCUT2D eigenvalue weighted by Crippen LogP contribution is -2.46. The molecule has 7 nitrogen and oxygen atoms in total. The maximum atomic E-state index is 14.6. The number of hydrogen-bond donors (Lipinski definition) is 0. The number of rotatable bonds is 6. The number of benzene rings is 2. The summed E-state index contributed by atoms with van der Waals surface area (Å²) in [6.45, 7) is 2.00. The summed E-state index contributed by atoms with van der Waals surface area (Å²) in [5.41, 5.74) is -0.346. The average molecular weight is 509 g/mol. The van der Waals surface area contributed by atoms with E-state index in [-0.39, 0.29) is 23.8 Å². The van der Waals surface area contributed by atoms with E-state index >= 15 is 0 Å². The molecule has 190 valence electrons. The largest absolute Gasteiger partial charge is 0.573 e. The Morgan fingerprint density at radius 3 is 2.53 bits per heavy atom. The molecule has 36 heavy (non-hydrogen) atoms. The van der Waals surface area contributed by atoms with Crippen molar-refractivity contribution >= 4 is 5.82 Å². The van der Waals surface area contributed by atoms with Crippen molar-refractivity contribution in [2.24, 2.45) is 5.92 Å². The highest BCUT2D eigenvalue weighted by atomic mass is 19.4. The molecule has 2 aromatic carbocycles. The first kappa shape index (κ1) is 23.9. The van der Waals surface area contributed by atoms with Crippen molar-refractivity contribution in [3.8, 4) is 23.1 Å². The standard InChI is InChI=1S/C24H20F5N3O4/c25-18-7-15(8-19(26)22(18)35-16-4-1-5-17(9-16)36-24(27,28)29)13-34-20-10-21-31-6-2-3-14(11-31)12-32(21)23(33)30-20/h1,4-5,7-10,14H,2-3,6,11-13H2. The van der Waals surface area contributed by atoms with Crippen LogP contribution < -0.4 is 24.8 Å². The van der Waals surface area contributed by atoms with Crippen LogP contribution in [-0.2, 0) is 13.2 Å². The fourth-order valence-corrected chi connectivity index (χ4v) is 4.46. The van der Waals surface area contributed by atoms with Gasteiger partial charge in [0, 0.05) is 31.8 Å². The third-order valence-corrected chi connectivity index (χ3v) is 5.95. The number of fused-ring (bicyclic) bond motifs is 4. The summed E-state index contributed by atoms with van der Waals surface area (Å²) < 4.78 is 82.5. The Morgan fingerprint density at radius 2 is 1.78 bits per heavy atom. The molecule has 0 radical (unpaired) electrons. The lowest BCUT2D eigenvalue weighted by molar-refractivity contribution is -0.274. The van der Waals surface area contributed by atoms with Gasteiger partial charge in [0.1, 0.15) is 23.9 Å². The molecule has 3 aromatic rings. The Kier molecular flexibility index (Phi) is 6.19. The van der Waals surface area contributed by atoms with Crippen LogP contribution in [-0.4, -0.2) is 29.0 Å². The van der Waals surface area contributed by atoms with Crippen LogP contribution in [0.2, 0.25) is 0 Å². The first-order valence-electron chi connectivity index (χ1n) is 11.2. The molecule has 3 heterocycles. The smallest absolute Gasteiger partial charge is 0.473 e. The van der Waals surface area contributed by atoms with Gasteiger partial charge in [-0.05, 0) is 48.6 Å². The molecule has 1 atom stereocenters. The maximum absolute atomic E-state index is 14.6. The monoisotopic (exact) mass is 509 g/mol. The number of alkyl halides is 3. The number of nitrogens with zero attached hydrogens (tertiary/aromatic N) is 3. The highest BCUT2D eigenvalue weighted by molar-refractivity contribution is 5.45. The second-order valence-corrected chi connectivity index (χ2v) is 8.60. The van der Waals surface area contributed by atoms with Gasteiger partial charge < -0.3 is 19.1 Å². The predicted molar refractivity (Wildman–Crippen MR) is 117 cm³/mol. The molecule has 2 bridgehead atoms. The zero-order valence-electron chi connectivity index (χ0n) is 18.7. The van der Waals surface area contributed by atoms with Crippen molar-refractivity contribution in [2.75, 3.05) is 18.0 Å². The fraction of sp³-hybridized carbons (Fsp3) is 0.333. The third kappa shape index (κ3) is 5.21. The fourth-order valence-electron chi connectivity index (χ4n) is 4.46. The van der Waals surface area contributed by atoms with E-state index in [9.17, 15) is 26.7 Å². The summed E-state index contributed by atoms with van der Waals surface area (Å²) in [7, 11) is 0. The first-order valence-corrected chi connectivity index (χ1v) is 11.2. The van der Waals surface area contributed by atoms with Gasteiger partial charge in [0.25, 0.3) is 0 Å². The number of halogens is 5. The number of hydrogen-bond acceptors (Lipinski definition) is 6. The minimum absolute atomic E-state index is 0.0397. The molecule has 1 fully saturated rings. The van der Waals surface area contributed by atoms with Gasteiger partial charge in [0.15, 0.2) is 17.4 Å². The van der Waals surface area contributed by atoms with Gasteiger partial charge in [-0.15, -0.1) is 13.2 Å². The van der Waals surface area contributed by atoms with Gasteiger partial charge in [-0.1, -0.05) is 6.07 Å². The molecule has 2 aliphatic rings. The molecule has 12 heteroatoms. The lowest BCUT2D eigenvalue weighted by atomic mass is 9.96. The predicted octanol–water partition coefficient (Wildman–Crippen LogP) is 5.02. The molecule has 1 aromatic heterocycles. The molecule has 0 aliphatic carbocycles. The highest BCUT2D eigenvalue weighted by Gasteiger charge is 2.31.